The van der Waals surface area contributed by atoms with Gasteiger partial charge in [0.2, 0.25) is 0 Å². The van der Waals surface area contributed by atoms with Crippen LogP contribution in [0.1, 0.15) is 0 Å². The summed E-state index contributed by atoms with van der Waals surface area (Å²) in [7, 11) is 0. The van der Waals surface area contributed by atoms with Crippen molar-refractivity contribution in [3.8, 4) is 0 Å². The van der Waals surface area contributed by atoms with E-state index in [1.54, 1.807) is 0 Å². The number of hydrogen-bond acceptors (Lipinski definition) is 4. The molecule has 0 N–H and O–H groups in total. The number of aromatic nitrogens is 1. The molecule has 4 aliphatic rings. The molecule has 0 unspecified atom stereocenters. The predicted octanol–water partition coefficient (Wildman–Crippen LogP) is 5.43. The average Bonchev–Trinajstić information content (AvgIpc) is 3.24. The van der Waals surface area contributed by atoms with Crippen molar-refractivity contribution in [3.63, 3.8) is 0 Å². The summed E-state index contributed by atoms with van der Waals surface area (Å²) in [6.45, 7) is 0.145. The van der Waals surface area contributed by atoms with E-state index in [0.717, 1.165) is 11.5 Å². The van der Waals surface area contributed by atoms with Crippen molar-refractivity contribution < 1.29 is 0 Å². The van der Waals surface area contributed by atoms with Gasteiger partial charge >= 0.3 is 323 Å². The Morgan fingerprint density at radius 3 is 1.61 bits per heavy atom. The maximum atomic E-state index is 5.11. The van der Waals surface area contributed by atoms with Gasteiger partial charge in [-0.15, -0.1) is 0 Å². The first-order chi connectivity index (χ1) is 26.8. The summed E-state index contributed by atoms with van der Waals surface area (Å²) < 4.78 is 2.88. The standard InChI is InChI=1S/C47H30B2N4Se/c1-4-15-31(16-5-1)51-38-23-11-10-21-34(38)48-36-29-37-44(30-42(36)52(32-17-6-2-7-18-32)40-25-12-24-39(51)45(40)48)54-43-27-13-26-41-46(43)49(37)35-22-14-28-50-47(35)53(41)33-19-8-3-9-20-33/h1-30H. The van der Waals surface area contributed by atoms with Crippen molar-refractivity contribution >= 4 is 121 Å². The molecule has 7 aromatic carbocycles. The number of anilines is 9. The third-order valence-electron chi connectivity index (χ3n) is 11.5. The molecule has 0 atom stereocenters. The molecule has 4 nitrogen and oxygen atoms in total. The van der Waals surface area contributed by atoms with Crippen LogP contribution >= 0.6 is 0 Å². The summed E-state index contributed by atoms with van der Waals surface area (Å²) in [5.41, 5.74) is 17.8. The molecule has 8 aromatic rings. The fraction of sp³-hybridized carbons (Fsp3) is 0. The van der Waals surface area contributed by atoms with Gasteiger partial charge in [0.15, 0.2) is 0 Å². The third kappa shape index (κ3) is 4.19. The van der Waals surface area contributed by atoms with Crippen LogP contribution in [-0.2, 0) is 0 Å². The first-order valence-corrected chi connectivity index (χ1v) is 20.3. The van der Waals surface area contributed by atoms with Crippen molar-refractivity contribution in [1.29, 1.82) is 0 Å². The van der Waals surface area contributed by atoms with Gasteiger partial charge in [-0.05, 0) is 0 Å². The molecule has 1 aromatic heterocycles. The van der Waals surface area contributed by atoms with E-state index in [-0.39, 0.29) is 28.4 Å². The van der Waals surface area contributed by atoms with E-state index in [2.05, 4.69) is 191 Å². The van der Waals surface area contributed by atoms with E-state index in [9.17, 15) is 0 Å². The van der Waals surface area contributed by atoms with E-state index in [0.29, 0.717) is 0 Å². The molecule has 0 radical (unpaired) electrons. The average molecular weight is 751 g/mol. The number of fused-ring (bicyclic) bond motifs is 8. The summed E-state index contributed by atoms with van der Waals surface area (Å²) >= 11 is 0.105. The third-order valence-corrected chi connectivity index (χ3v) is 13.9. The summed E-state index contributed by atoms with van der Waals surface area (Å²) in [4.78, 5) is 12.5. The van der Waals surface area contributed by atoms with Crippen LogP contribution < -0.4 is 56.4 Å². The van der Waals surface area contributed by atoms with Crippen LogP contribution in [0, 0.1) is 0 Å². The van der Waals surface area contributed by atoms with Crippen molar-refractivity contribution in [2.75, 3.05) is 14.7 Å². The van der Waals surface area contributed by atoms with Crippen LogP contribution in [-0.4, -0.2) is 33.4 Å². The van der Waals surface area contributed by atoms with Crippen LogP contribution in [0.15, 0.2) is 182 Å². The Hall–Kier alpha value is -6.26. The Kier molecular flexibility index (Phi) is 6.50. The normalized spacial score (nSPS) is 14.0. The van der Waals surface area contributed by atoms with E-state index in [4.69, 9.17) is 4.98 Å². The van der Waals surface area contributed by atoms with Gasteiger partial charge in [0.1, 0.15) is 0 Å². The quantitative estimate of drug-likeness (QED) is 0.225. The fourth-order valence-corrected chi connectivity index (χ4v) is 11.9. The number of para-hydroxylation sites is 4. The molecule has 7 heteroatoms. The van der Waals surface area contributed by atoms with E-state index in [1.165, 1.54) is 81.5 Å². The second-order valence-corrected chi connectivity index (χ2v) is 16.6. The molecule has 0 spiro atoms. The molecule has 4 aliphatic heterocycles. The zero-order valence-corrected chi connectivity index (χ0v) is 30.9. The molecule has 0 bridgehead atoms. The number of rotatable bonds is 3. The van der Waals surface area contributed by atoms with Crippen molar-refractivity contribution in [2.45, 2.75) is 0 Å². The maximum absolute atomic E-state index is 5.11. The SMILES string of the molecule is c1ccc(N2c3ccccc3B3c4cc5c(cc4N(c4ccccc4)c4cccc2c43)[Se]c2cccc3c2B5c2cccnc2N3c2ccccc2)cc1. The Balaban J connectivity index is 1.14. The van der Waals surface area contributed by atoms with Crippen LogP contribution in [0.4, 0.5) is 51.3 Å². The van der Waals surface area contributed by atoms with Gasteiger partial charge in [-0.1, -0.05) is 0 Å². The minimum atomic E-state index is 0.0644. The van der Waals surface area contributed by atoms with Crippen molar-refractivity contribution in [3.05, 3.63) is 182 Å². The van der Waals surface area contributed by atoms with Gasteiger partial charge < -0.3 is 0 Å². The van der Waals surface area contributed by atoms with Gasteiger partial charge in [-0.2, -0.15) is 0 Å². The van der Waals surface area contributed by atoms with E-state index < -0.39 is 0 Å². The van der Waals surface area contributed by atoms with E-state index in [1.807, 2.05) is 6.20 Å². The van der Waals surface area contributed by atoms with Gasteiger partial charge in [0, 0.05) is 0 Å². The molecule has 0 saturated heterocycles. The monoisotopic (exact) mass is 752 g/mol. The molecule has 0 fully saturated rings. The van der Waals surface area contributed by atoms with Crippen LogP contribution in [0.2, 0.25) is 0 Å². The second kappa shape index (κ2) is 11.6. The van der Waals surface area contributed by atoms with Crippen LogP contribution in [0.5, 0.6) is 0 Å². The molecule has 12 rings (SSSR count). The summed E-state index contributed by atoms with van der Waals surface area (Å²) in [5, 5.41) is 0. The molecule has 0 amide bonds. The fourth-order valence-electron chi connectivity index (χ4n) is 9.43. The molecular weight excluding hydrogens is 721 g/mol. The van der Waals surface area contributed by atoms with E-state index >= 15 is 0 Å². The number of hydrogen-bond donors (Lipinski definition) is 0. The van der Waals surface area contributed by atoms with Crippen LogP contribution in [0.3, 0.4) is 0 Å². The van der Waals surface area contributed by atoms with Gasteiger partial charge in [-0.25, -0.2) is 0 Å². The summed E-state index contributed by atoms with van der Waals surface area (Å²) in [6, 6.07) is 64.9. The Morgan fingerprint density at radius 1 is 0.370 bits per heavy atom. The predicted molar refractivity (Wildman–Crippen MR) is 229 cm³/mol. The first-order valence-electron chi connectivity index (χ1n) is 18.5. The topological polar surface area (TPSA) is 22.6 Å². The molecule has 0 saturated carbocycles. The molecular formula is C47H30B2N4Se. The Bertz CT molecular complexity index is 2800. The Labute approximate surface area is 321 Å². The zero-order valence-electron chi connectivity index (χ0n) is 29.2. The Morgan fingerprint density at radius 2 is 0.907 bits per heavy atom. The molecule has 0 aliphatic carbocycles. The van der Waals surface area contributed by atoms with Gasteiger partial charge in [-0.3, -0.25) is 0 Å². The first kappa shape index (κ1) is 30.2. The summed E-state index contributed by atoms with van der Waals surface area (Å²) in [6.07, 6.45) is 1.94. The van der Waals surface area contributed by atoms with Crippen LogP contribution in [0.25, 0.3) is 0 Å². The number of nitrogens with zero attached hydrogens (tertiary/aromatic N) is 4. The number of pyridine rings is 1. The summed E-state index contributed by atoms with van der Waals surface area (Å²) in [5.74, 6) is 1.01. The number of benzene rings is 7. The minimum absolute atomic E-state index is 0.0644. The van der Waals surface area contributed by atoms with Gasteiger partial charge in [0.25, 0.3) is 0 Å². The zero-order chi connectivity index (χ0) is 35.3. The molecule has 250 valence electrons. The second-order valence-electron chi connectivity index (χ2n) is 14.3. The van der Waals surface area contributed by atoms with Gasteiger partial charge in [0.05, 0.1) is 0 Å². The molecule has 54 heavy (non-hydrogen) atoms. The molecule has 5 heterocycles. The van der Waals surface area contributed by atoms with Crippen molar-refractivity contribution in [2.24, 2.45) is 0 Å². The van der Waals surface area contributed by atoms with Crippen molar-refractivity contribution in [1.82, 2.24) is 4.98 Å².